The molecule has 1 unspecified atom stereocenters. The highest BCUT2D eigenvalue weighted by Gasteiger charge is 2.27. The molecule has 0 radical (unpaired) electrons. The fraction of sp³-hybridized carbons (Fsp3) is 1.00. The summed E-state index contributed by atoms with van der Waals surface area (Å²) in [5.74, 6) is 0.826. The SMILES string of the molecule is CCOCCN(CC)C(CN)C1CCCC1. The lowest BCUT2D eigenvalue weighted by Crippen LogP contribution is -2.46. The average molecular weight is 228 g/mol. The van der Waals surface area contributed by atoms with E-state index in [9.17, 15) is 0 Å². The smallest absolute Gasteiger partial charge is 0.0593 e. The quantitative estimate of drug-likeness (QED) is 0.645. The van der Waals surface area contributed by atoms with Gasteiger partial charge in [0.2, 0.25) is 0 Å². The van der Waals surface area contributed by atoms with Crippen molar-refractivity contribution in [2.24, 2.45) is 11.7 Å². The molecule has 0 bridgehead atoms. The number of hydrogen-bond donors (Lipinski definition) is 1. The van der Waals surface area contributed by atoms with Gasteiger partial charge in [-0.1, -0.05) is 19.8 Å². The summed E-state index contributed by atoms with van der Waals surface area (Å²) in [5.41, 5.74) is 5.95. The zero-order valence-electron chi connectivity index (χ0n) is 11.0. The van der Waals surface area contributed by atoms with Crippen LogP contribution in [0.1, 0.15) is 39.5 Å². The van der Waals surface area contributed by atoms with Crippen LogP contribution in [-0.4, -0.2) is 43.8 Å². The van der Waals surface area contributed by atoms with Crippen molar-refractivity contribution < 1.29 is 4.74 Å². The fourth-order valence-electron chi connectivity index (χ4n) is 2.87. The van der Waals surface area contributed by atoms with Crippen molar-refractivity contribution in [3.05, 3.63) is 0 Å². The molecule has 0 saturated heterocycles. The molecule has 0 aromatic carbocycles. The molecule has 0 heterocycles. The van der Waals surface area contributed by atoms with Crippen LogP contribution in [0.2, 0.25) is 0 Å². The minimum Gasteiger partial charge on any atom is -0.380 e. The zero-order valence-corrected chi connectivity index (χ0v) is 11.0. The van der Waals surface area contributed by atoms with E-state index in [0.29, 0.717) is 6.04 Å². The highest BCUT2D eigenvalue weighted by Crippen LogP contribution is 2.29. The first-order valence-electron chi connectivity index (χ1n) is 6.85. The molecule has 3 heteroatoms. The number of ether oxygens (including phenoxy) is 1. The normalized spacial score (nSPS) is 19.5. The van der Waals surface area contributed by atoms with Crippen LogP contribution in [0.15, 0.2) is 0 Å². The largest absolute Gasteiger partial charge is 0.380 e. The third-order valence-electron chi connectivity index (χ3n) is 3.79. The van der Waals surface area contributed by atoms with Crippen molar-refractivity contribution in [1.29, 1.82) is 0 Å². The Morgan fingerprint density at radius 1 is 1.31 bits per heavy atom. The number of rotatable bonds is 8. The average Bonchev–Trinajstić information content (AvgIpc) is 2.82. The summed E-state index contributed by atoms with van der Waals surface area (Å²) in [7, 11) is 0. The lowest BCUT2D eigenvalue weighted by molar-refractivity contribution is 0.0818. The predicted octanol–water partition coefficient (Wildman–Crippen LogP) is 1.86. The second-order valence-corrected chi connectivity index (χ2v) is 4.67. The summed E-state index contributed by atoms with van der Waals surface area (Å²) in [5, 5.41) is 0. The predicted molar refractivity (Wildman–Crippen MR) is 68.5 cm³/mol. The minimum atomic E-state index is 0.577. The first-order valence-corrected chi connectivity index (χ1v) is 6.85. The van der Waals surface area contributed by atoms with Crippen molar-refractivity contribution in [1.82, 2.24) is 4.90 Å². The second-order valence-electron chi connectivity index (χ2n) is 4.67. The number of nitrogens with zero attached hydrogens (tertiary/aromatic N) is 1. The maximum atomic E-state index is 5.95. The van der Waals surface area contributed by atoms with Crippen molar-refractivity contribution in [2.45, 2.75) is 45.6 Å². The molecule has 2 N–H and O–H groups in total. The van der Waals surface area contributed by atoms with Crippen molar-refractivity contribution >= 4 is 0 Å². The van der Waals surface area contributed by atoms with Crippen LogP contribution in [0, 0.1) is 5.92 Å². The summed E-state index contributed by atoms with van der Waals surface area (Å²) < 4.78 is 5.44. The molecule has 1 aliphatic carbocycles. The Kier molecular flexibility index (Phi) is 7.01. The monoisotopic (exact) mass is 228 g/mol. The van der Waals surface area contributed by atoms with Gasteiger partial charge >= 0.3 is 0 Å². The van der Waals surface area contributed by atoms with Gasteiger partial charge in [-0.25, -0.2) is 0 Å². The standard InChI is InChI=1S/C13H28N2O/c1-3-15(9-10-16-4-2)13(11-14)12-7-5-6-8-12/h12-13H,3-11,14H2,1-2H3. The zero-order chi connectivity index (χ0) is 11.8. The summed E-state index contributed by atoms with van der Waals surface area (Å²) in [4.78, 5) is 2.51. The second kappa shape index (κ2) is 8.04. The van der Waals surface area contributed by atoms with E-state index in [2.05, 4.69) is 11.8 Å². The number of hydrogen-bond acceptors (Lipinski definition) is 3. The highest BCUT2D eigenvalue weighted by molar-refractivity contribution is 4.83. The van der Waals surface area contributed by atoms with Gasteiger partial charge in [-0.2, -0.15) is 0 Å². The van der Waals surface area contributed by atoms with Gasteiger partial charge in [0.05, 0.1) is 6.61 Å². The van der Waals surface area contributed by atoms with Crippen LogP contribution in [0.3, 0.4) is 0 Å². The lowest BCUT2D eigenvalue weighted by atomic mass is 9.96. The fourth-order valence-corrected chi connectivity index (χ4v) is 2.87. The summed E-state index contributed by atoms with van der Waals surface area (Å²) in [6.07, 6.45) is 5.52. The van der Waals surface area contributed by atoms with Gasteiger partial charge in [-0.3, -0.25) is 4.90 Å². The van der Waals surface area contributed by atoms with Crippen molar-refractivity contribution in [3.8, 4) is 0 Å². The molecule has 0 aromatic rings. The molecule has 0 spiro atoms. The van der Waals surface area contributed by atoms with Gasteiger partial charge in [-0.15, -0.1) is 0 Å². The molecule has 0 amide bonds. The first kappa shape index (κ1) is 13.9. The van der Waals surface area contributed by atoms with Gasteiger partial charge in [0, 0.05) is 25.7 Å². The molecular formula is C13H28N2O. The molecule has 1 aliphatic rings. The van der Waals surface area contributed by atoms with Gasteiger partial charge in [0.1, 0.15) is 0 Å². The van der Waals surface area contributed by atoms with Gasteiger partial charge < -0.3 is 10.5 Å². The molecule has 96 valence electrons. The lowest BCUT2D eigenvalue weighted by Gasteiger charge is -2.34. The number of likely N-dealkylation sites (N-methyl/N-ethyl adjacent to an activating group) is 1. The Morgan fingerprint density at radius 3 is 2.50 bits per heavy atom. The van der Waals surface area contributed by atoms with Crippen LogP contribution in [-0.2, 0) is 4.74 Å². The van der Waals surface area contributed by atoms with Crippen LogP contribution in [0.4, 0.5) is 0 Å². The maximum absolute atomic E-state index is 5.95. The molecule has 1 saturated carbocycles. The molecule has 3 nitrogen and oxygen atoms in total. The third kappa shape index (κ3) is 4.04. The summed E-state index contributed by atoms with van der Waals surface area (Å²) in [6.45, 7) is 8.85. The van der Waals surface area contributed by atoms with E-state index in [1.54, 1.807) is 0 Å². The topological polar surface area (TPSA) is 38.5 Å². The van der Waals surface area contributed by atoms with E-state index in [1.807, 2.05) is 6.92 Å². The van der Waals surface area contributed by atoms with E-state index in [1.165, 1.54) is 25.7 Å². The Morgan fingerprint density at radius 2 is 2.00 bits per heavy atom. The third-order valence-corrected chi connectivity index (χ3v) is 3.79. The van der Waals surface area contributed by atoms with Gasteiger partial charge in [-0.05, 0) is 32.2 Å². The number of nitrogens with two attached hydrogens (primary N) is 1. The minimum absolute atomic E-state index is 0.577. The molecule has 16 heavy (non-hydrogen) atoms. The summed E-state index contributed by atoms with van der Waals surface area (Å²) in [6, 6.07) is 0.577. The molecular weight excluding hydrogens is 200 g/mol. The Hall–Kier alpha value is -0.120. The molecule has 1 fully saturated rings. The molecule has 1 rings (SSSR count). The Balaban J connectivity index is 2.39. The Bertz CT molecular complexity index is 169. The van der Waals surface area contributed by atoms with E-state index in [-0.39, 0.29) is 0 Å². The highest BCUT2D eigenvalue weighted by atomic mass is 16.5. The van der Waals surface area contributed by atoms with Crippen LogP contribution < -0.4 is 5.73 Å². The van der Waals surface area contributed by atoms with E-state index < -0.39 is 0 Å². The molecule has 0 aromatic heterocycles. The van der Waals surface area contributed by atoms with E-state index in [0.717, 1.165) is 38.8 Å². The Labute approximate surface area is 100 Å². The van der Waals surface area contributed by atoms with E-state index >= 15 is 0 Å². The first-order chi connectivity index (χ1) is 7.83. The van der Waals surface area contributed by atoms with Crippen LogP contribution in [0.5, 0.6) is 0 Å². The van der Waals surface area contributed by atoms with Crippen molar-refractivity contribution in [3.63, 3.8) is 0 Å². The van der Waals surface area contributed by atoms with E-state index in [4.69, 9.17) is 10.5 Å². The maximum Gasteiger partial charge on any atom is 0.0593 e. The van der Waals surface area contributed by atoms with Crippen LogP contribution in [0.25, 0.3) is 0 Å². The van der Waals surface area contributed by atoms with Crippen LogP contribution >= 0.6 is 0 Å². The summed E-state index contributed by atoms with van der Waals surface area (Å²) >= 11 is 0. The van der Waals surface area contributed by atoms with Crippen molar-refractivity contribution in [2.75, 3.05) is 32.8 Å². The molecule has 0 aliphatic heterocycles. The van der Waals surface area contributed by atoms with Gasteiger partial charge in [0.15, 0.2) is 0 Å². The van der Waals surface area contributed by atoms with Gasteiger partial charge in [0.25, 0.3) is 0 Å². The molecule has 1 atom stereocenters.